The second-order valence-electron chi connectivity index (χ2n) is 13.6. The highest BCUT2D eigenvalue weighted by Gasteiger charge is 2.28. The van der Waals surface area contributed by atoms with Crippen LogP contribution >= 0.6 is 0 Å². The highest BCUT2D eigenvalue weighted by Crippen LogP contribution is 2.41. The number of phenols is 2. The molecule has 0 radical (unpaired) electrons. The van der Waals surface area contributed by atoms with E-state index in [4.69, 9.17) is 0 Å². The van der Waals surface area contributed by atoms with E-state index in [1.54, 1.807) is 0 Å². The third kappa shape index (κ3) is 5.88. The third-order valence-electron chi connectivity index (χ3n) is 6.27. The predicted molar refractivity (Wildman–Crippen MR) is 138 cm³/mol. The molecule has 0 aliphatic heterocycles. The number of hydrogen-bond acceptors (Lipinski definition) is 2. The van der Waals surface area contributed by atoms with E-state index in [1.807, 2.05) is 0 Å². The lowest BCUT2D eigenvalue weighted by Gasteiger charge is -2.29. The van der Waals surface area contributed by atoms with Gasteiger partial charge in [-0.25, -0.2) is 0 Å². The van der Waals surface area contributed by atoms with Crippen molar-refractivity contribution in [1.82, 2.24) is 0 Å². The summed E-state index contributed by atoms with van der Waals surface area (Å²) in [6, 6.07) is 8.72. The summed E-state index contributed by atoms with van der Waals surface area (Å²) in [4.78, 5) is 0. The van der Waals surface area contributed by atoms with Gasteiger partial charge in [0.25, 0.3) is 0 Å². The van der Waals surface area contributed by atoms with Crippen LogP contribution in [0.15, 0.2) is 24.3 Å². The molecule has 0 fully saturated rings. The van der Waals surface area contributed by atoms with Crippen LogP contribution in [0.3, 0.4) is 0 Å². The number of benzene rings is 2. The zero-order valence-electron chi connectivity index (χ0n) is 22.6. The quantitative estimate of drug-likeness (QED) is 0.508. The summed E-state index contributed by atoms with van der Waals surface area (Å²) in [6.45, 7) is 25.9. The molecule has 0 amide bonds. The minimum absolute atomic E-state index is 0.128. The Balaban J connectivity index is 2.55. The van der Waals surface area contributed by atoms with Crippen molar-refractivity contribution in [3.05, 3.63) is 57.6 Å². The lowest BCUT2D eigenvalue weighted by molar-refractivity contribution is 0.421. The fourth-order valence-corrected chi connectivity index (χ4v) is 4.25. The van der Waals surface area contributed by atoms with Gasteiger partial charge in [-0.1, -0.05) is 107 Å². The van der Waals surface area contributed by atoms with Gasteiger partial charge in [0.2, 0.25) is 0 Å². The molecular formula is C30H46O2. The van der Waals surface area contributed by atoms with Crippen molar-refractivity contribution in [2.45, 2.75) is 118 Å². The fourth-order valence-electron chi connectivity index (χ4n) is 4.25. The molecule has 0 heterocycles. The molecule has 0 saturated heterocycles. The van der Waals surface area contributed by atoms with E-state index < -0.39 is 0 Å². The molecule has 2 rings (SSSR count). The molecule has 0 aromatic heterocycles. The second kappa shape index (κ2) is 8.43. The van der Waals surface area contributed by atoms with Gasteiger partial charge in [-0.15, -0.1) is 0 Å². The van der Waals surface area contributed by atoms with Crippen LogP contribution in [0.1, 0.15) is 116 Å². The second-order valence-corrected chi connectivity index (χ2v) is 13.6. The van der Waals surface area contributed by atoms with E-state index >= 15 is 0 Å². The summed E-state index contributed by atoms with van der Waals surface area (Å²) in [6.07, 6.45) is 1.79. The summed E-state index contributed by atoms with van der Waals surface area (Å²) in [5.41, 5.74) is 6.03. The first kappa shape index (κ1) is 26.3. The summed E-state index contributed by atoms with van der Waals surface area (Å²) in [7, 11) is 0. The Hall–Kier alpha value is -1.96. The van der Waals surface area contributed by atoms with Crippen molar-refractivity contribution in [2.75, 3.05) is 0 Å². The van der Waals surface area contributed by atoms with Crippen molar-refractivity contribution in [3.8, 4) is 11.5 Å². The molecule has 2 aromatic rings. The van der Waals surface area contributed by atoms with Crippen LogP contribution in [0.25, 0.3) is 0 Å². The zero-order valence-corrected chi connectivity index (χ0v) is 22.6. The van der Waals surface area contributed by atoms with Crippen molar-refractivity contribution in [2.24, 2.45) is 0 Å². The third-order valence-corrected chi connectivity index (χ3v) is 6.27. The molecule has 32 heavy (non-hydrogen) atoms. The number of rotatable bonds is 3. The normalized spacial score (nSPS) is 13.5. The first-order chi connectivity index (χ1) is 14.2. The fraction of sp³-hybridized carbons (Fsp3) is 0.600. The van der Waals surface area contributed by atoms with Crippen molar-refractivity contribution in [3.63, 3.8) is 0 Å². The van der Waals surface area contributed by atoms with E-state index in [0.29, 0.717) is 11.5 Å². The van der Waals surface area contributed by atoms with Crippen LogP contribution in [0.2, 0.25) is 0 Å². The molecule has 2 aromatic carbocycles. The average Bonchev–Trinajstić information content (AvgIpc) is 2.57. The molecule has 2 heteroatoms. The standard InChI is InChI=1S/C30H46O2/c1-27(2,3)21-15-19(16-22(25(21)31)28(4,5)6)13-14-20-17-23(29(7,8)9)26(32)24(18-20)30(10,11)12/h15-18,31-32H,13-14H2,1-12H3. The molecule has 0 atom stereocenters. The molecule has 0 spiro atoms. The van der Waals surface area contributed by atoms with Crippen molar-refractivity contribution < 1.29 is 10.2 Å². The Morgan fingerprint density at radius 2 is 0.625 bits per heavy atom. The van der Waals surface area contributed by atoms with Crippen LogP contribution in [-0.2, 0) is 34.5 Å². The van der Waals surface area contributed by atoms with Crippen LogP contribution in [-0.4, -0.2) is 10.2 Å². The first-order valence-electron chi connectivity index (χ1n) is 12.0. The van der Waals surface area contributed by atoms with Gasteiger partial charge in [0.15, 0.2) is 0 Å². The van der Waals surface area contributed by atoms with Gasteiger partial charge in [0.1, 0.15) is 11.5 Å². The SMILES string of the molecule is CC(C)(C)c1cc(CCc2cc(C(C)(C)C)c(O)c(C(C)(C)C)c2)cc(C(C)(C)C)c1O. The summed E-state index contributed by atoms with van der Waals surface area (Å²) in [5.74, 6) is 0.867. The first-order valence-corrected chi connectivity index (χ1v) is 12.0. The lowest BCUT2D eigenvalue weighted by atomic mass is 9.77. The molecule has 2 nitrogen and oxygen atoms in total. The van der Waals surface area contributed by atoms with E-state index in [2.05, 4.69) is 107 Å². The van der Waals surface area contributed by atoms with E-state index in [1.165, 1.54) is 11.1 Å². The molecule has 0 aliphatic carbocycles. The van der Waals surface area contributed by atoms with Gasteiger partial charge < -0.3 is 10.2 Å². The predicted octanol–water partition coefficient (Wildman–Crippen LogP) is 8.07. The maximum atomic E-state index is 11.0. The Morgan fingerprint density at radius 1 is 0.438 bits per heavy atom. The maximum absolute atomic E-state index is 11.0. The molecule has 0 aliphatic rings. The van der Waals surface area contributed by atoms with Gasteiger partial charge in [-0.3, -0.25) is 0 Å². The molecule has 0 saturated carbocycles. The highest BCUT2D eigenvalue weighted by atomic mass is 16.3. The minimum atomic E-state index is -0.128. The Kier molecular flexibility index (Phi) is 6.93. The molecule has 2 N–H and O–H groups in total. The van der Waals surface area contributed by atoms with Crippen LogP contribution in [0, 0.1) is 0 Å². The van der Waals surface area contributed by atoms with E-state index in [0.717, 1.165) is 35.1 Å². The maximum Gasteiger partial charge on any atom is 0.123 e. The molecule has 178 valence electrons. The van der Waals surface area contributed by atoms with E-state index in [-0.39, 0.29) is 21.7 Å². The molecule has 0 unspecified atom stereocenters. The van der Waals surface area contributed by atoms with Crippen LogP contribution < -0.4 is 0 Å². The Labute approximate surface area is 197 Å². The van der Waals surface area contributed by atoms with Crippen LogP contribution in [0.4, 0.5) is 0 Å². The Bertz CT molecular complexity index is 816. The molecular weight excluding hydrogens is 392 g/mol. The van der Waals surface area contributed by atoms with Gasteiger partial charge in [-0.05, 0) is 67.9 Å². The monoisotopic (exact) mass is 438 g/mol. The number of phenolic OH excluding ortho intramolecular Hbond substituents is 2. The number of hydrogen-bond donors (Lipinski definition) is 2. The average molecular weight is 439 g/mol. The topological polar surface area (TPSA) is 40.5 Å². The van der Waals surface area contributed by atoms with E-state index in [9.17, 15) is 10.2 Å². The highest BCUT2D eigenvalue weighted by molar-refractivity contribution is 5.52. The minimum Gasteiger partial charge on any atom is -0.507 e. The number of aromatic hydroxyl groups is 2. The van der Waals surface area contributed by atoms with Gasteiger partial charge in [-0.2, -0.15) is 0 Å². The lowest BCUT2D eigenvalue weighted by Crippen LogP contribution is -2.18. The van der Waals surface area contributed by atoms with Gasteiger partial charge in [0, 0.05) is 0 Å². The van der Waals surface area contributed by atoms with Crippen LogP contribution in [0.5, 0.6) is 11.5 Å². The summed E-state index contributed by atoms with van der Waals surface area (Å²) < 4.78 is 0. The largest absolute Gasteiger partial charge is 0.507 e. The van der Waals surface area contributed by atoms with Gasteiger partial charge >= 0.3 is 0 Å². The summed E-state index contributed by atoms with van der Waals surface area (Å²) >= 11 is 0. The summed E-state index contributed by atoms with van der Waals surface area (Å²) in [5, 5.41) is 22.0. The Morgan fingerprint density at radius 3 is 0.781 bits per heavy atom. The smallest absolute Gasteiger partial charge is 0.123 e. The zero-order chi connectivity index (χ0) is 24.9. The van der Waals surface area contributed by atoms with Crippen molar-refractivity contribution >= 4 is 0 Å². The number of aryl methyl sites for hydroxylation is 2. The van der Waals surface area contributed by atoms with Gasteiger partial charge in [0.05, 0.1) is 0 Å². The van der Waals surface area contributed by atoms with Crippen molar-refractivity contribution in [1.29, 1.82) is 0 Å². The molecule has 0 bridgehead atoms.